The first-order valence-electron chi connectivity index (χ1n) is 9.38. The number of ketones is 1. The summed E-state index contributed by atoms with van der Waals surface area (Å²) in [6.07, 6.45) is 3.35. The normalized spacial score (nSPS) is 35.1. The van der Waals surface area contributed by atoms with Crippen molar-refractivity contribution in [2.24, 2.45) is 0 Å². The van der Waals surface area contributed by atoms with Gasteiger partial charge in [-0.2, -0.15) is 0 Å². The molecule has 0 radical (unpaired) electrons. The zero-order chi connectivity index (χ0) is 21.2. The van der Waals surface area contributed by atoms with Crippen molar-refractivity contribution in [3.05, 3.63) is 35.9 Å². The molecule has 5 rings (SSSR count). The minimum Gasteiger partial charge on any atom is -0.504 e. The summed E-state index contributed by atoms with van der Waals surface area (Å²) < 4.78 is 35.1. The van der Waals surface area contributed by atoms with E-state index >= 15 is 0 Å². The summed E-state index contributed by atoms with van der Waals surface area (Å²) in [5, 5.41) is 22.1. The third-order valence-electron chi connectivity index (χ3n) is 6.73. The Hall–Kier alpha value is -1.66. The standard InChI is InChI=1S/C19H21NO4.H4O4S/c1-2-8-20-9-7-18-15-11-3-4-12(21)16(15)24-17(18)13(22)5-6-19(18,23)14(20)10-11;1-5(2,3)4/h2-4,14,17,21,23H,1,5-10H2;1-4H/t14-,17+,18+,19-;/m1./s1. The van der Waals surface area contributed by atoms with Gasteiger partial charge in [-0.25, -0.2) is 0 Å². The Balaban J connectivity index is 0.000000369. The summed E-state index contributed by atoms with van der Waals surface area (Å²) in [4.78, 5) is 14.9. The Morgan fingerprint density at radius 3 is 2.62 bits per heavy atom. The van der Waals surface area contributed by atoms with Crippen LogP contribution in [0.25, 0.3) is 0 Å². The molecule has 2 bridgehead atoms. The number of phenols is 1. The fourth-order valence-corrected chi connectivity index (χ4v) is 5.80. The largest absolute Gasteiger partial charge is 0.504 e. The second-order valence-corrected chi connectivity index (χ2v) is 9.03. The maximum absolute atomic E-state index is 12.6. The first-order chi connectivity index (χ1) is 13.5. The van der Waals surface area contributed by atoms with Gasteiger partial charge in [0.15, 0.2) is 23.4 Å². The molecule has 0 aromatic heterocycles. The molecule has 1 aromatic carbocycles. The number of ether oxygens (including phenoxy) is 1. The maximum Gasteiger partial charge on any atom is 0.213 e. The molecule has 9 nitrogen and oxygen atoms in total. The molecule has 0 unspecified atom stereocenters. The Morgan fingerprint density at radius 1 is 1.28 bits per heavy atom. The van der Waals surface area contributed by atoms with Gasteiger partial charge >= 0.3 is 0 Å². The number of aromatic hydroxyl groups is 1. The Kier molecular flexibility index (Phi) is 4.74. The highest BCUT2D eigenvalue weighted by Gasteiger charge is 2.73. The van der Waals surface area contributed by atoms with Crippen molar-refractivity contribution in [2.45, 2.75) is 48.8 Å². The predicted octanol–water partition coefficient (Wildman–Crippen LogP) is 1.98. The van der Waals surface area contributed by atoms with Crippen LogP contribution in [0.5, 0.6) is 11.5 Å². The number of benzene rings is 1. The van der Waals surface area contributed by atoms with Crippen LogP contribution in [0.1, 0.15) is 30.4 Å². The second kappa shape index (κ2) is 6.67. The first kappa shape index (κ1) is 20.6. The van der Waals surface area contributed by atoms with Crippen LogP contribution in [0.3, 0.4) is 0 Å². The number of aliphatic hydroxyl groups is 1. The van der Waals surface area contributed by atoms with Gasteiger partial charge < -0.3 is 14.9 Å². The van der Waals surface area contributed by atoms with Crippen LogP contribution in [0, 0.1) is 0 Å². The lowest BCUT2D eigenvalue weighted by Gasteiger charge is -2.62. The van der Waals surface area contributed by atoms with E-state index in [1.165, 1.54) is 0 Å². The number of hydrogen-bond donors (Lipinski definition) is 6. The van der Waals surface area contributed by atoms with E-state index in [2.05, 4.69) is 11.5 Å². The van der Waals surface area contributed by atoms with Crippen molar-refractivity contribution < 1.29 is 38.0 Å². The van der Waals surface area contributed by atoms with E-state index in [-0.39, 0.29) is 17.6 Å². The third kappa shape index (κ3) is 2.90. The lowest BCUT2D eigenvalue weighted by molar-refractivity contribution is -0.187. The Labute approximate surface area is 169 Å². The summed E-state index contributed by atoms with van der Waals surface area (Å²) in [7, 11) is 0. The number of nitrogens with zero attached hydrogens (tertiary/aromatic N) is 1. The highest BCUT2D eigenvalue weighted by Crippen LogP contribution is 2.64. The van der Waals surface area contributed by atoms with Gasteiger partial charge in [-0.05, 0) is 30.9 Å². The monoisotopic (exact) mass is 427 g/mol. The number of carbonyl (C=O) groups is 1. The van der Waals surface area contributed by atoms with E-state index in [4.69, 9.17) is 22.9 Å². The molecule has 0 amide bonds. The number of Topliss-reactive ketones (excluding diaryl/α,β-unsaturated/α-hetero) is 1. The first-order valence-corrected chi connectivity index (χ1v) is 10.8. The Bertz CT molecular complexity index is 865. The molecular formula is C19H25NO8S. The molecule has 1 saturated carbocycles. The molecule has 1 saturated heterocycles. The number of phenolic OH excluding ortho intramolecular Hbond substituents is 1. The van der Waals surface area contributed by atoms with Gasteiger partial charge in [0, 0.05) is 31.1 Å². The second-order valence-electron chi connectivity index (χ2n) is 8.05. The zero-order valence-corrected chi connectivity index (χ0v) is 16.5. The highest BCUT2D eigenvalue weighted by molar-refractivity contribution is 8.14. The van der Waals surface area contributed by atoms with Gasteiger partial charge in [-0.1, -0.05) is 12.1 Å². The molecule has 10 heteroatoms. The van der Waals surface area contributed by atoms with Crippen LogP contribution in [-0.4, -0.2) is 69.9 Å². The summed E-state index contributed by atoms with van der Waals surface area (Å²) in [5.41, 5.74) is 0.256. The smallest absolute Gasteiger partial charge is 0.213 e. The molecule has 2 aliphatic heterocycles. The lowest BCUT2D eigenvalue weighted by Crippen LogP contribution is -2.76. The summed E-state index contributed by atoms with van der Waals surface area (Å²) in [6.45, 7) is 5.36. The lowest BCUT2D eigenvalue weighted by atomic mass is 9.49. The van der Waals surface area contributed by atoms with E-state index < -0.39 is 28.3 Å². The van der Waals surface area contributed by atoms with E-state index in [9.17, 15) is 15.0 Å². The highest BCUT2D eigenvalue weighted by atomic mass is 32.3. The molecule has 29 heavy (non-hydrogen) atoms. The minimum absolute atomic E-state index is 0.0408. The average Bonchev–Trinajstić information content (AvgIpc) is 2.97. The minimum atomic E-state index is -4.17. The zero-order valence-electron chi connectivity index (χ0n) is 15.7. The summed E-state index contributed by atoms with van der Waals surface area (Å²) in [6, 6.07) is 3.52. The van der Waals surface area contributed by atoms with Gasteiger partial charge in [0.2, 0.25) is 11.2 Å². The number of rotatable bonds is 2. The molecule has 1 aromatic rings. The fraction of sp³-hybridized carbons (Fsp3) is 0.526. The Morgan fingerprint density at radius 2 is 1.97 bits per heavy atom. The van der Waals surface area contributed by atoms with E-state index in [0.717, 1.165) is 24.2 Å². The average molecular weight is 427 g/mol. The van der Waals surface area contributed by atoms with Gasteiger partial charge in [-0.3, -0.25) is 27.9 Å². The van der Waals surface area contributed by atoms with Crippen molar-refractivity contribution in [1.82, 2.24) is 4.90 Å². The van der Waals surface area contributed by atoms with Crippen LogP contribution in [0.15, 0.2) is 24.8 Å². The van der Waals surface area contributed by atoms with E-state index in [0.29, 0.717) is 31.4 Å². The van der Waals surface area contributed by atoms with Crippen LogP contribution in [0.2, 0.25) is 0 Å². The van der Waals surface area contributed by atoms with Gasteiger partial charge in [0.1, 0.15) is 0 Å². The number of hydrogen-bond acceptors (Lipinski definition) is 9. The number of likely N-dealkylation sites (tertiary alicyclic amines) is 1. The molecule has 4 atom stereocenters. The van der Waals surface area contributed by atoms with E-state index in [1.54, 1.807) is 6.07 Å². The summed E-state index contributed by atoms with van der Waals surface area (Å²) in [5.74, 6) is 0.528. The molecule has 160 valence electrons. The molecule has 2 fully saturated rings. The SMILES string of the molecule is C=CCN1CC[C@]23c4c5ccc(O)c4O[C@H]2C(=O)CC[C@@]3(O)[C@H]1C5.OS(O)(O)O. The predicted molar refractivity (Wildman–Crippen MR) is 105 cm³/mol. The molecule has 6 N–H and O–H groups in total. The van der Waals surface area contributed by atoms with Gasteiger partial charge in [0.05, 0.1) is 11.0 Å². The van der Waals surface area contributed by atoms with Crippen LogP contribution in [0.4, 0.5) is 0 Å². The summed E-state index contributed by atoms with van der Waals surface area (Å²) >= 11 is -4.17. The van der Waals surface area contributed by atoms with Gasteiger partial charge in [-0.15, -0.1) is 6.58 Å². The fourth-order valence-electron chi connectivity index (χ4n) is 5.80. The van der Waals surface area contributed by atoms with Crippen molar-refractivity contribution in [2.75, 3.05) is 13.1 Å². The molecule has 4 aliphatic rings. The van der Waals surface area contributed by atoms with E-state index in [1.807, 2.05) is 12.1 Å². The number of piperidine rings is 1. The van der Waals surface area contributed by atoms with Crippen molar-refractivity contribution in [1.29, 1.82) is 0 Å². The molecule has 2 aliphatic carbocycles. The third-order valence-corrected chi connectivity index (χ3v) is 6.73. The van der Waals surface area contributed by atoms with Crippen LogP contribution >= 0.6 is 11.2 Å². The van der Waals surface area contributed by atoms with Crippen molar-refractivity contribution in [3.63, 3.8) is 0 Å². The molecular weight excluding hydrogens is 402 g/mol. The van der Waals surface area contributed by atoms with Crippen molar-refractivity contribution in [3.8, 4) is 11.5 Å². The van der Waals surface area contributed by atoms with Crippen molar-refractivity contribution >= 4 is 16.9 Å². The quantitative estimate of drug-likeness (QED) is 0.389. The molecule has 1 spiro atoms. The van der Waals surface area contributed by atoms with Crippen LogP contribution < -0.4 is 4.74 Å². The molecule has 2 heterocycles. The van der Waals surface area contributed by atoms with Crippen LogP contribution in [-0.2, 0) is 16.6 Å². The maximum atomic E-state index is 12.6. The topological polar surface area (TPSA) is 151 Å². The van der Waals surface area contributed by atoms with Gasteiger partial charge in [0.25, 0.3) is 0 Å². The number of carbonyl (C=O) groups excluding carboxylic acids is 1.